The fraction of sp³-hybridized carbons (Fsp3) is 0.733. The second-order valence-electron chi connectivity index (χ2n) is 5.99. The SMILES string of the molecule is Cc1ncc(CN(CCO)C(=O)C(C)N2CCN(C)CC2)[nH]1. The molecule has 1 aromatic rings. The van der Waals surface area contributed by atoms with Gasteiger partial charge in [0.2, 0.25) is 5.91 Å². The number of aryl methyl sites for hydroxylation is 1. The number of rotatable bonds is 6. The van der Waals surface area contributed by atoms with Crippen LogP contribution < -0.4 is 0 Å². The number of H-pyrrole nitrogens is 1. The fourth-order valence-electron chi connectivity index (χ4n) is 2.78. The largest absolute Gasteiger partial charge is 0.395 e. The lowest BCUT2D eigenvalue weighted by atomic mass is 10.2. The molecule has 124 valence electrons. The molecule has 1 aromatic heterocycles. The van der Waals surface area contributed by atoms with Crippen molar-refractivity contribution in [2.45, 2.75) is 26.4 Å². The van der Waals surface area contributed by atoms with E-state index in [-0.39, 0.29) is 18.6 Å². The summed E-state index contributed by atoms with van der Waals surface area (Å²) in [4.78, 5) is 26.2. The molecule has 0 bridgehead atoms. The van der Waals surface area contributed by atoms with Crippen molar-refractivity contribution < 1.29 is 9.90 Å². The summed E-state index contributed by atoms with van der Waals surface area (Å²) in [6, 6.07) is -0.163. The molecule has 22 heavy (non-hydrogen) atoms. The van der Waals surface area contributed by atoms with Gasteiger partial charge in [0, 0.05) is 32.7 Å². The van der Waals surface area contributed by atoms with Gasteiger partial charge in [-0.1, -0.05) is 0 Å². The lowest BCUT2D eigenvalue weighted by Gasteiger charge is -2.37. The minimum absolute atomic E-state index is 0.0334. The van der Waals surface area contributed by atoms with Gasteiger partial charge in [0.05, 0.1) is 31.1 Å². The molecular weight excluding hydrogens is 282 g/mol. The molecule has 7 heteroatoms. The third-order valence-corrected chi connectivity index (χ3v) is 4.24. The van der Waals surface area contributed by atoms with E-state index in [2.05, 4.69) is 26.8 Å². The topological polar surface area (TPSA) is 75.7 Å². The summed E-state index contributed by atoms with van der Waals surface area (Å²) in [7, 11) is 2.10. The Hall–Kier alpha value is -1.44. The molecule has 0 aromatic carbocycles. The van der Waals surface area contributed by atoms with Gasteiger partial charge in [0.1, 0.15) is 5.82 Å². The molecule has 0 radical (unpaired) electrons. The molecule has 0 spiro atoms. The number of aliphatic hydroxyl groups is 1. The van der Waals surface area contributed by atoms with Crippen molar-refractivity contribution in [2.75, 3.05) is 46.4 Å². The monoisotopic (exact) mass is 309 g/mol. The van der Waals surface area contributed by atoms with Crippen LogP contribution >= 0.6 is 0 Å². The fourth-order valence-corrected chi connectivity index (χ4v) is 2.78. The standard InChI is InChI=1S/C15H27N5O2/c1-12(19-6-4-18(3)5-7-19)15(22)20(8-9-21)11-14-10-16-13(2)17-14/h10,12,21H,4-9,11H2,1-3H3,(H,16,17). The van der Waals surface area contributed by atoms with Crippen LogP contribution in [-0.4, -0.2) is 88.1 Å². The van der Waals surface area contributed by atoms with E-state index in [0.29, 0.717) is 13.1 Å². The Morgan fingerprint density at radius 3 is 2.68 bits per heavy atom. The first kappa shape index (κ1) is 16.9. The summed E-state index contributed by atoms with van der Waals surface area (Å²) >= 11 is 0. The molecule has 0 aliphatic carbocycles. The van der Waals surface area contributed by atoms with Crippen molar-refractivity contribution in [3.05, 3.63) is 17.7 Å². The van der Waals surface area contributed by atoms with E-state index in [9.17, 15) is 9.90 Å². The number of aromatic amines is 1. The molecule has 1 atom stereocenters. The Morgan fingerprint density at radius 2 is 2.14 bits per heavy atom. The normalized spacial score (nSPS) is 18.4. The maximum absolute atomic E-state index is 12.8. The van der Waals surface area contributed by atoms with Gasteiger partial charge in [0.15, 0.2) is 0 Å². The second kappa shape index (κ2) is 7.71. The molecule has 1 aliphatic heterocycles. The highest BCUT2D eigenvalue weighted by molar-refractivity contribution is 5.81. The molecule has 1 amide bonds. The zero-order valence-corrected chi connectivity index (χ0v) is 13.7. The Labute approximate surface area is 131 Å². The summed E-state index contributed by atoms with van der Waals surface area (Å²) in [5.74, 6) is 0.893. The van der Waals surface area contributed by atoms with Crippen LogP contribution in [0.1, 0.15) is 18.4 Å². The van der Waals surface area contributed by atoms with Crippen LogP contribution in [0.25, 0.3) is 0 Å². The zero-order valence-electron chi connectivity index (χ0n) is 13.7. The van der Waals surface area contributed by atoms with Crippen LogP contribution in [0.5, 0.6) is 0 Å². The minimum atomic E-state index is -0.163. The number of nitrogens with zero attached hydrogens (tertiary/aromatic N) is 4. The summed E-state index contributed by atoms with van der Waals surface area (Å²) in [5.41, 5.74) is 0.893. The predicted octanol–water partition coefficient (Wildman–Crippen LogP) is -0.325. The van der Waals surface area contributed by atoms with Crippen LogP contribution in [0.2, 0.25) is 0 Å². The van der Waals surface area contributed by atoms with Gasteiger partial charge < -0.3 is 19.9 Å². The van der Waals surface area contributed by atoms with Crippen molar-refractivity contribution in [3.8, 4) is 0 Å². The summed E-state index contributed by atoms with van der Waals surface area (Å²) in [5, 5.41) is 9.26. The number of nitrogens with one attached hydrogen (secondary N) is 1. The Balaban J connectivity index is 1.98. The number of carbonyl (C=O) groups excluding carboxylic acids is 1. The molecule has 1 unspecified atom stereocenters. The number of likely N-dealkylation sites (N-methyl/N-ethyl adjacent to an activating group) is 1. The van der Waals surface area contributed by atoms with Crippen molar-refractivity contribution in [2.24, 2.45) is 0 Å². The van der Waals surface area contributed by atoms with Crippen molar-refractivity contribution in [1.29, 1.82) is 0 Å². The van der Waals surface area contributed by atoms with Crippen LogP contribution in [0, 0.1) is 6.92 Å². The predicted molar refractivity (Wildman–Crippen MR) is 84.4 cm³/mol. The first-order chi connectivity index (χ1) is 10.5. The number of hydrogen-bond acceptors (Lipinski definition) is 5. The number of imidazole rings is 1. The minimum Gasteiger partial charge on any atom is -0.395 e. The van der Waals surface area contributed by atoms with Crippen molar-refractivity contribution in [1.82, 2.24) is 24.7 Å². The first-order valence-corrected chi connectivity index (χ1v) is 7.84. The number of aliphatic hydroxyl groups excluding tert-OH is 1. The van der Waals surface area contributed by atoms with Gasteiger partial charge in [-0.25, -0.2) is 4.98 Å². The van der Waals surface area contributed by atoms with Gasteiger partial charge in [-0.3, -0.25) is 9.69 Å². The Bertz CT molecular complexity index is 482. The van der Waals surface area contributed by atoms with Crippen LogP contribution in [-0.2, 0) is 11.3 Å². The van der Waals surface area contributed by atoms with Gasteiger partial charge in [-0.05, 0) is 20.9 Å². The summed E-state index contributed by atoms with van der Waals surface area (Å²) < 4.78 is 0. The quantitative estimate of drug-likeness (QED) is 0.753. The van der Waals surface area contributed by atoms with Gasteiger partial charge in [-0.15, -0.1) is 0 Å². The highest BCUT2D eigenvalue weighted by atomic mass is 16.3. The lowest BCUT2D eigenvalue weighted by Crippen LogP contribution is -2.54. The molecule has 2 rings (SSSR count). The Kier molecular flexibility index (Phi) is 5.93. The third-order valence-electron chi connectivity index (χ3n) is 4.24. The maximum Gasteiger partial charge on any atom is 0.240 e. The maximum atomic E-state index is 12.8. The molecule has 1 saturated heterocycles. The van der Waals surface area contributed by atoms with E-state index >= 15 is 0 Å². The highest BCUT2D eigenvalue weighted by Gasteiger charge is 2.28. The number of piperazine rings is 1. The number of carbonyl (C=O) groups is 1. The van der Waals surface area contributed by atoms with E-state index in [1.54, 1.807) is 11.1 Å². The van der Waals surface area contributed by atoms with E-state index in [1.807, 2.05) is 13.8 Å². The lowest BCUT2D eigenvalue weighted by molar-refractivity contribution is -0.138. The van der Waals surface area contributed by atoms with Gasteiger partial charge >= 0.3 is 0 Å². The third kappa shape index (κ3) is 4.28. The number of amides is 1. The second-order valence-corrected chi connectivity index (χ2v) is 5.99. The number of aromatic nitrogens is 2. The van der Waals surface area contributed by atoms with E-state index in [0.717, 1.165) is 37.7 Å². The van der Waals surface area contributed by atoms with Gasteiger partial charge in [0.25, 0.3) is 0 Å². The number of hydrogen-bond donors (Lipinski definition) is 2. The van der Waals surface area contributed by atoms with Crippen LogP contribution in [0.15, 0.2) is 6.20 Å². The molecule has 2 N–H and O–H groups in total. The Morgan fingerprint density at radius 1 is 1.45 bits per heavy atom. The zero-order chi connectivity index (χ0) is 16.1. The molecule has 7 nitrogen and oxygen atoms in total. The molecule has 1 aliphatic rings. The van der Waals surface area contributed by atoms with E-state index in [4.69, 9.17) is 0 Å². The molecular formula is C15H27N5O2. The van der Waals surface area contributed by atoms with Gasteiger partial charge in [-0.2, -0.15) is 0 Å². The average Bonchev–Trinajstić information content (AvgIpc) is 2.91. The van der Waals surface area contributed by atoms with Crippen molar-refractivity contribution in [3.63, 3.8) is 0 Å². The molecule has 2 heterocycles. The van der Waals surface area contributed by atoms with Crippen LogP contribution in [0.3, 0.4) is 0 Å². The van der Waals surface area contributed by atoms with Crippen molar-refractivity contribution >= 4 is 5.91 Å². The molecule has 0 saturated carbocycles. The smallest absolute Gasteiger partial charge is 0.240 e. The van der Waals surface area contributed by atoms with E-state index in [1.165, 1.54) is 0 Å². The summed E-state index contributed by atoms with van der Waals surface area (Å²) in [6.45, 7) is 8.38. The average molecular weight is 309 g/mol. The van der Waals surface area contributed by atoms with Crippen LogP contribution in [0.4, 0.5) is 0 Å². The molecule has 1 fully saturated rings. The van der Waals surface area contributed by atoms with E-state index < -0.39 is 0 Å². The highest BCUT2D eigenvalue weighted by Crippen LogP contribution is 2.10. The first-order valence-electron chi connectivity index (χ1n) is 7.84. The summed E-state index contributed by atoms with van der Waals surface area (Å²) in [6.07, 6.45) is 1.74.